The summed E-state index contributed by atoms with van der Waals surface area (Å²) in [7, 11) is 4.19. The minimum Gasteiger partial charge on any atom is -0.480 e. The van der Waals surface area contributed by atoms with Crippen LogP contribution in [0.25, 0.3) is 0 Å². The van der Waals surface area contributed by atoms with Gasteiger partial charge in [0.25, 0.3) is 0 Å². The summed E-state index contributed by atoms with van der Waals surface area (Å²) in [6, 6.07) is -0.130. The van der Waals surface area contributed by atoms with Crippen molar-refractivity contribution in [1.82, 2.24) is 9.80 Å². The Bertz CT molecular complexity index is 233. The molecule has 0 aromatic carbocycles. The quantitative estimate of drug-likeness (QED) is 0.684. The fraction of sp³-hybridized carbons (Fsp3) is 0.909. The van der Waals surface area contributed by atoms with Crippen LogP contribution in [0.4, 0.5) is 0 Å². The van der Waals surface area contributed by atoms with Crippen LogP contribution in [0, 0.1) is 0 Å². The Hall–Kier alpha value is -0.650. The lowest BCUT2D eigenvalue weighted by Crippen LogP contribution is -2.46. The topological polar surface area (TPSA) is 69.8 Å². The van der Waals surface area contributed by atoms with Crippen molar-refractivity contribution in [2.75, 3.05) is 33.7 Å². The lowest BCUT2D eigenvalue weighted by atomic mass is 10.0. The minimum absolute atomic E-state index is 0.537. The smallest absolute Gasteiger partial charge is 0.320 e. The second kappa shape index (κ2) is 6.18. The Morgan fingerprint density at radius 3 is 2.88 bits per heavy atom. The number of hydrogen-bond acceptors (Lipinski definition) is 4. The Morgan fingerprint density at radius 2 is 2.31 bits per heavy atom. The number of piperidine rings is 1. The first-order chi connectivity index (χ1) is 7.50. The molecule has 0 spiro atoms. The third kappa shape index (κ3) is 4.08. The van der Waals surface area contributed by atoms with Gasteiger partial charge < -0.3 is 20.6 Å². The van der Waals surface area contributed by atoms with Gasteiger partial charge in [0.15, 0.2) is 0 Å². The van der Waals surface area contributed by atoms with Crippen molar-refractivity contribution in [3.8, 4) is 0 Å². The Labute approximate surface area is 97.2 Å². The molecule has 1 rings (SSSR count). The van der Waals surface area contributed by atoms with E-state index in [9.17, 15) is 4.79 Å². The van der Waals surface area contributed by atoms with Crippen LogP contribution in [0.2, 0.25) is 0 Å². The molecule has 0 aliphatic carbocycles. The third-order valence-electron chi connectivity index (χ3n) is 3.28. The van der Waals surface area contributed by atoms with Crippen molar-refractivity contribution in [3.63, 3.8) is 0 Å². The average molecular weight is 229 g/mol. The fourth-order valence-corrected chi connectivity index (χ4v) is 2.10. The summed E-state index contributed by atoms with van der Waals surface area (Å²) in [5.41, 5.74) is 5.49. The zero-order chi connectivity index (χ0) is 12.1. The van der Waals surface area contributed by atoms with Crippen LogP contribution in [-0.4, -0.2) is 66.7 Å². The Kier molecular flexibility index (Phi) is 5.18. The van der Waals surface area contributed by atoms with E-state index in [4.69, 9.17) is 10.8 Å². The Balaban J connectivity index is 2.29. The number of carboxylic acids is 1. The highest BCUT2D eigenvalue weighted by atomic mass is 16.4. The van der Waals surface area contributed by atoms with E-state index in [1.165, 1.54) is 12.8 Å². The van der Waals surface area contributed by atoms with Gasteiger partial charge in [0.1, 0.15) is 6.04 Å². The van der Waals surface area contributed by atoms with E-state index >= 15 is 0 Å². The molecule has 5 heteroatoms. The van der Waals surface area contributed by atoms with Crippen LogP contribution in [0.3, 0.4) is 0 Å². The van der Waals surface area contributed by atoms with Gasteiger partial charge in [-0.25, -0.2) is 0 Å². The number of hydrogen-bond donors (Lipinski definition) is 2. The molecule has 16 heavy (non-hydrogen) atoms. The molecular formula is C11H23N3O2. The predicted molar refractivity (Wildman–Crippen MR) is 63.4 cm³/mol. The summed E-state index contributed by atoms with van der Waals surface area (Å²) in [5, 5.41) is 8.70. The lowest BCUT2D eigenvalue weighted by molar-refractivity contribution is -0.138. The van der Waals surface area contributed by atoms with Crippen LogP contribution in [0.1, 0.15) is 19.3 Å². The normalized spacial score (nSPS) is 24.6. The van der Waals surface area contributed by atoms with Gasteiger partial charge in [0.2, 0.25) is 0 Å². The molecule has 1 aliphatic heterocycles. The number of nitrogens with two attached hydrogens (primary N) is 1. The third-order valence-corrected chi connectivity index (χ3v) is 3.28. The number of rotatable bonds is 5. The summed E-state index contributed by atoms with van der Waals surface area (Å²) in [5.74, 6) is -0.902. The average Bonchev–Trinajstić information content (AvgIpc) is 2.26. The van der Waals surface area contributed by atoms with Gasteiger partial charge in [-0.3, -0.25) is 4.79 Å². The number of likely N-dealkylation sites (N-methyl/N-ethyl adjacent to an activating group) is 1. The second-order valence-corrected chi connectivity index (χ2v) is 4.79. The van der Waals surface area contributed by atoms with Crippen molar-refractivity contribution < 1.29 is 9.90 Å². The molecule has 0 saturated carbocycles. The Morgan fingerprint density at radius 1 is 1.62 bits per heavy atom. The molecule has 94 valence electrons. The maximum absolute atomic E-state index is 10.6. The molecule has 5 nitrogen and oxygen atoms in total. The summed E-state index contributed by atoms with van der Waals surface area (Å²) >= 11 is 0. The second-order valence-electron chi connectivity index (χ2n) is 4.79. The first-order valence-electron chi connectivity index (χ1n) is 5.88. The van der Waals surface area contributed by atoms with Crippen molar-refractivity contribution in [1.29, 1.82) is 0 Å². The zero-order valence-corrected chi connectivity index (χ0v) is 10.2. The number of aliphatic carboxylic acids is 1. The van der Waals surface area contributed by atoms with Crippen LogP contribution >= 0.6 is 0 Å². The van der Waals surface area contributed by atoms with Crippen molar-refractivity contribution in [2.45, 2.75) is 31.3 Å². The standard InChI is InChI=1S/C11H23N3O2/c1-13(2)9-4-3-6-14(8-9)7-5-10(12)11(15)16/h9-10H,3-8,12H2,1-2H3,(H,15,16)/t9?,10-/m1/s1. The van der Waals surface area contributed by atoms with Gasteiger partial charge in [-0.05, 0) is 39.9 Å². The van der Waals surface area contributed by atoms with E-state index < -0.39 is 12.0 Å². The largest absolute Gasteiger partial charge is 0.480 e. The molecule has 1 fully saturated rings. The zero-order valence-electron chi connectivity index (χ0n) is 10.2. The van der Waals surface area contributed by atoms with E-state index in [1.54, 1.807) is 0 Å². The van der Waals surface area contributed by atoms with Crippen molar-refractivity contribution in [2.24, 2.45) is 5.73 Å². The first kappa shape index (κ1) is 13.4. The molecule has 0 bridgehead atoms. The highest BCUT2D eigenvalue weighted by Crippen LogP contribution is 2.13. The monoisotopic (exact) mass is 229 g/mol. The summed E-state index contributed by atoms with van der Waals surface area (Å²) in [6.07, 6.45) is 2.95. The van der Waals surface area contributed by atoms with Gasteiger partial charge in [-0.1, -0.05) is 0 Å². The van der Waals surface area contributed by atoms with Gasteiger partial charge in [-0.15, -0.1) is 0 Å². The SMILES string of the molecule is CN(C)C1CCCN(CC[C@@H](N)C(=O)O)C1. The van der Waals surface area contributed by atoms with E-state index in [0.717, 1.165) is 19.6 Å². The predicted octanol–water partition coefficient (Wildman–Crippen LogP) is -0.186. The molecule has 1 unspecified atom stereocenters. The molecule has 0 amide bonds. The van der Waals surface area contributed by atoms with E-state index in [2.05, 4.69) is 23.9 Å². The molecule has 0 radical (unpaired) electrons. The highest BCUT2D eigenvalue weighted by molar-refractivity contribution is 5.72. The first-order valence-corrected chi connectivity index (χ1v) is 5.88. The molecule has 0 aromatic heterocycles. The van der Waals surface area contributed by atoms with Gasteiger partial charge in [0, 0.05) is 19.1 Å². The van der Waals surface area contributed by atoms with Crippen molar-refractivity contribution in [3.05, 3.63) is 0 Å². The molecule has 3 N–H and O–H groups in total. The van der Waals surface area contributed by atoms with Gasteiger partial charge >= 0.3 is 5.97 Å². The molecule has 1 aliphatic rings. The molecule has 1 heterocycles. The highest BCUT2D eigenvalue weighted by Gasteiger charge is 2.22. The number of carboxylic acid groups (broad SMARTS) is 1. The lowest BCUT2D eigenvalue weighted by Gasteiger charge is -2.36. The van der Waals surface area contributed by atoms with E-state index in [0.29, 0.717) is 12.5 Å². The van der Waals surface area contributed by atoms with Crippen LogP contribution in [0.5, 0.6) is 0 Å². The van der Waals surface area contributed by atoms with Crippen LogP contribution in [0.15, 0.2) is 0 Å². The maximum atomic E-state index is 10.6. The van der Waals surface area contributed by atoms with E-state index in [-0.39, 0.29) is 0 Å². The van der Waals surface area contributed by atoms with Gasteiger partial charge in [0.05, 0.1) is 0 Å². The summed E-state index contributed by atoms with van der Waals surface area (Å²) < 4.78 is 0. The maximum Gasteiger partial charge on any atom is 0.320 e. The molecular weight excluding hydrogens is 206 g/mol. The molecule has 0 aromatic rings. The van der Waals surface area contributed by atoms with Crippen LogP contribution in [-0.2, 0) is 4.79 Å². The van der Waals surface area contributed by atoms with Crippen LogP contribution < -0.4 is 5.73 Å². The minimum atomic E-state index is -0.902. The van der Waals surface area contributed by atoms with E-state index in [1.807, 2.05) is 0 Å². The molecule has 1 saturated heterocycles. The summed E-state index contributed by atoms with van der Waals surface area (Å²) in [4.78, 5) is 15.1. The molecule has 2 atom stereocenters. The summed E-state index contributed by atoms with van der Waals surface area (Å²) in [6.45, 7) is 2.88. The fourth-order valence-electron chi connectivity index (χ4n) is 2.10. The number of carbonyl (C=O) groups is 1. The van der Waals surface area contributed by atoms with Crippen molar-refractivity contribution >= 4 is 5.97 Å². The van der Waals surface area contributed by atoms with Gasteiger partial charge in [-0.2, -0.15) is 0 Å². The number of nitrogens with zero attached hydrogens (tertiary/aromatic N) is 2. The number of likely N-dealkylation sites (tertiary alicyclic amines) is 1.